The number of nitrogens with zero attached hydrogens (tertiary/aromatic N) is 2. The average molecular weight is 274 g/mol. The molecule has 1 unspecified atom stereocenters. The number of imidazole rings is 1. The van der Waals surface area contributed by atoms with Crippen molar-refractivity contribution in [1.82, 2.24) is 9.55 Å². The first-order valence-corrected chi connectivity index (χ1v) is 6.60. The van der Waals surface area contributed by atoms with Crippen LogP contribution in [-0.2, 0) is 16.0 Å². The summed E-state index contributed by atoms with van der Waals surface area (Å²) < 4.78 is 19.7. The lowest BCUT2D eigenvalue weighted by molar-refractivity contribution is -0.145. The van der Waals surface area contributed by atoms with E-state index < -0.39 is 0 Å². The zero-order valence-corrected chi connectivity index (χ0v) is 11.2. The number of hydrogen-bond donors (Lipinski definition) is 0. The molecule has 2 heterocycles. The van der Waals surface area contributed by atoms with Crippen LogP contribution in [0.25, 0.3) is 11.3 Å². The number of aromatic nitrogens is 2. The molecule has 2 aromatic rings. The predicted octanol–water partition coefficient (Wildman–Crippen LogP) is 2.74. The number of halogens is 1. The Kier molecular flexibility index (Phi) is 3.26. The van der Waals surface area contributed by atoms with E-state index in [4.69, 9.17) is 4.74 Å². The molecule has 0 spiro atoms. The molecule has 0 saturated heterocycles. The molecule has 5 heteroatoms. The van der Waals surface area contributed by atoms with E-state index in [1.807, 2.05) is 10.8 Å². The monoisotopic (exact) mass is 274 g/mol. The predicted molar refractivity (Wildman–Crippen MR) is 71.6 cm³/mol. The number of carbonyl (C=O) groups excluding carboxylic acids is 1. The Balaban J connectivity index is 1.99. The smallest absolute Gasteiger partial charge is 0.328 e. The van der Waals surface area contributed by atoms with Gasteiger partial charge in [0.2, 0.25) is 0 Å². The summed E-state index contributed by atoms with van der Waals surface area (Å²) in [5.74, 6) is 0.366. The molecule has 1 aromatic heterocycles. The number of rotatable bonds is 2. The summed E-state index contributed by atoms with van der Waals surface area (Å²) in [5, 5.41) is 0. The molecule has 4 nitrogen and oxygen atoms in total. The van der Waals surface area contributed by atoms with E-state index in [1.165, 1.54) is 19.2 Å². The van der Waals surface area contributed by atoms with E-state index in [9.17, 15) is 9.18 Å². The second kappa shape index (κ2) is 5.07. The lowest BCUT2D eigenvalue weighted by Crippen LogP contribution is -2.25. The van der Waals surface area contributed by atoms with Crippen LogP contribution < -0.4 is 0 Å². The first kappa shape index (κ1) is 12.8. The number of esters is 1. The number of benzene rings is 1. The van der Waals surface area contributed by atoms with Crippen molar-refractivity contribution in [3.63, 3.8) is 0 Å². The fraction of sp³-hybridized carbons (Fsp3) is 0.333. The quantitative estimate of drug-likeness (QED) is 0.791. The van der Waals surface area contributed by atoms with Gasteiger partial charge in [0.05, 0.1) is 12.8 Å². The van der Waals surface area contributed by atoms with Crippen molar-refractivity contribution in [2.45, 2.75) is 25.3 Å². The van der Waals surface area contributed by atoms with Gasteiger partial charge in [-0.25, -0.2) is 14.2 Å². The summed E-state index contributed by atoms with van der Waals surface area (Å²) >= 11 is 0. The number of aryl methyl sites for hydroxylation is 1. The van der Waals surface area contributed by atoms with Crippen LogP contribution in [-0.4, -0.2) is 22.6 Å². The maximum atomic E-state index is 13.0. The third-order valence-electron chi connectivity index (χ3n) is 3.64. The van der Waals surface area contributed by atoms with E-state index in [-0.39, 0.29) is 17.8 Å². The Morgan fingerprint density at radius 3 is 2.85 bits per heavy atom. The molecular formula is C15H15FN2O2. The molecule has 3 rings (SSSR count). The van der Waals surface area contributed by atoms with Gasteiger partial charge in [-0.3, -0.25) is 0 Å². The minimum absolute atomic E-state index is 0.242. The van der Waals surface area contributed by atoms with E-state index in [1.54, 1.807) is 12.1 Å². The third-order valence-corrected chi connectivity index (χ3v) is 3.64. The highest BCUT2D eigenvalue weighted by molar-refractivity contribution is 5.74. The summed E-state index contributed by atoms with van der Waals surface area (Å²) in [6.07, 6.45) is 4.37. The SMILES string of the molecule is COC(=O)C1CCCc2nc(-c3ccc(F)cc3)cn21. The Morgan fingerprint density at radius 2 is 2.15 bits per heavy atom. The topological polar surface area (TPSA) is 44.1 Å². The van der Waals surface area contributed by atoms with Gasteiger partial charge < -0.3 is 9.30 Å². The first-order chi connectivity index (χ1) is 9.69. The van der Waals surface area contributed by atoms with Crippen LogP contribution in [0.3, 0.4) is 0 Å². The molecule has 20 heavy (non-hydrogen) atoms. The number of methoxy groups -OCH3 is 1. The maximum Gasteiger partial charge on any atom is 0.328 e. The molecule has 0 aliphatic carbocycles. The Morgan fingerprint density at radius 1 is 1.40 bits per heavy atom. The van der Waals surface area contributed by atoms with Gasteiger partial charge in [-0.2, -0.15) is 0 Å². The normalized spacial score (nSPS) is 17.6. The highest BCUT2D eigenvalue weighted by Crippen LogP contribution is 2.29. The van der Waals surface area contributed by atoms with Gasteiger partial charge in [0.1, 0.15) is 17.7 Å². The third kappa shape index (κ3) is 2.19. The van der Waals surface area contributed by atoms with Gasteiger partial charge in [-0.05, 0) is 37.1 Å². The number of carbonyl (C=O) groups is 1. The second-order valence-electron chi connectivity index (χ2n) is 4.89. The molecule has 0 fully saturated rings. The van der Waals surface area contributed by atoms with Crippen molar-refractivity contribution >= 4 is 5.97 Å². The summed E-state index contributed by atoms with van der Waals surface area (Å²) in [5.41, 5.74) is 1.60. The van der Waals surface area contributed by atoms with E-state index in [0.717, 1.165) is 36.3 Å². The standard InChI is InChI=1S/C15H15FN2O2/c1-20-15(19)13-3-2-4-14-17-12(9-18(13)14)10-5-7-11(16)8-6-10/h5-9,13H,2-4H2,1H3. The van der Waals surface area contributed by atoms with Crippen molar-refractivity contribution in [2.24, 2.45) is 0 Å². The molecule has 1 aliphatic rings. The summed E-state index contributed by atoms with van der Waals surface area (Å²) in [6, 6.07) is 5.90. The summed E-state index contributed by atoms with van der Waals surface area (Å²) in [4.78, 5) is 16.3. The number of fused-ring (bicyclic) bond motifs is 1. The molecule has 1 aliphatic heterocycles. The molecule has 0 radical (unpaired) electrons. The van der Waals surface area contributed by atoms with Gasteiger partial charge >= 0.3 is 5.97 Å². The zero-order chi connectivity index (χ0) is 14.1. The van der Waals surface area contributed by atoms with Gasteiger partial charge in [-0.1, -0.05) is 0 Å². The van der Waals surface area contributed by atoms with Crippen molar-refractivity contribution in [1.29, 1.82) is 0 Å². The highest BCUT2D eigenvalue weighted by atomic mass is 19.1. The van der Waals surface area contributed by atoms with Gasteiger partial charge in [0.15, 0.2) is 0 Å². The van der Waals surface area contributed by atoms with Crippen LogP contribution in [0, 0.1) is 5.82 Å². The van der Waals surface area contributed by atoms with Crippen molar-refractivity contribution in [2.75, 3.05) is 7.11 Å². The molecule has 0 saturated carbocycles. The van der Waals surface area contributed by atoms with Crippen LogP contribution in [0.15, 0.2) is 30.5 Å². The van der Waals surface area contributed by atoms with Gasteiger partial charge in [-0.15, -0.1) is 0 Å². The molecule has 1 aromatic carbocycles. The van der Waals surface area contributed by atoms with Crippen LogP contribution in [0.5, 0.6) is 0 Å². The van der Waals surface area contributed by atoms with Crippen molar-refractivity contribution < 1.29 is 13.9 Å². The van der Waals surface area contributed by atoms with Gasteiger partial charge in [0.25, 0.3) is 0 Å². The van der Waals surface area contributed by atoms with Crippen LogP contribution in [0.1, 0.15) is 24.7 Å². The van der Waals surface area contributed by atoms with E-state index in [2.05, 4.69) is 4.98 Å². The van der Waals surface area contributed by atoms with Crippen molar-refractivity contribution in [3.05, 3.63) is 42.1 Å². The first-order valence-electron chi connectivity index (χ1n) is 6.60. The Labute approximate surface area is 116 Å². The maximum absolute atomic E-state index is 13.0. The average Bonchev–Trinajstić information content (AvgIpc) is 2.91. The lowest BCUT2D eigenvalue weighted by atomic mass is 10.1. The van der Waals surface area contributed by atoms with Gasteiger partial charge in [0, 0.05) is 18.2 Å². The molecule has 0 amide bonds. The lowest BCUT2D eigenvalue weighted by Gasteiger charge is -2.22. The van der Waals surface area contributed by atoms with Crippen molar-refractivity contribution in [3.8, 4) is 11.3 Å². The highest BCUT2D eigenvalue weighted by Gasteiger charge is 2.28. The van der Waals surface area contributed by atoms with Crippen LogP contribution >= 0.6 is 0 Å². The molecule has 104 valence electrons. The molecule has 0 N–H and O–H groups in total. The number of ether oxygens (including phenoxy) is 1. The minimum atomic E-state index is -0.301. The number of hydrogen-bond acceptors (Lipinski definition) is 3. The molecular weight excluding hydrogens is 259 g/mol. The zero-order valence-electron chi connectivity index (χ0n) is 11.2. The molecule has 0 bridgehead atoms. The molecule has 1 atom stereocenters. The second-order valence-corrected chi connectivity index (χ2v) is 4.89. The van der Waals surface area contributed by atoms with Crippen LogP contribution in [0.4, 0.5) is 4.39 Å². The van der Waals surface area contributed by atoms with Crippen LogP contribution in [0.2, 0.25) is 0 Å². The van der Waals surface area contributed by atoms with E-state index in [0.29, 0.717) is 0 Å². The summed E-state index contributed by atoms with van der Waals surface area (Å²) in [7, 11) is 1.40. The Hall–Kier alpha value is -2.17. The Bertz CT molecular complexity index is 634. The summed E-state index contributed by atoms with van der Waals surface area (Å²) in [6.45, 7) is 0. The van der Waals surface area contributed by atoms with E-state index >= 15 is 0 Å². The minimum Gasteiger partial charge on any atom is -0.467 e. The largest absolute Gasteiger partial charge is 0.467 e. The fourth-order valence-electron chi connectivity index (χ4n) is 2.61. The fourth-order valence-corrected chi connectivity index (χ4v) is 2.61.